The summed E-state index contributed by atoms with van der Waals surface area (Å²) in [6.07, 6.45) is 48.3. The van der Waals surface area contributed by atoms with Gasteiger partial charge in [-0.25, -0.2) is 4.79 Å². The van der Waals surface area contributed by atoms with Gasteiger partial charge in [-0.3, -0.25) is 9.59 Å². The Morgan fingerprint density at radius 2 is 0.982 bits per heavy atom. The van der Waals surface area contributed by atoms with Gasteiger partial charge in [0.2, 0.25) is 0 Å². The Morgan fingerprint density at radius 3 is 1.46 bits per heavy atom. The molecule has 0 saturated carbocycles. The zero-order chi connectivity index (χ0) is 42.1. The van der Waals surface area contributed by atoms with Gasteiger partial charge in [-0.15, -0.1) is 0 Å². The minimum atomic E-state index is -0.878. The zero-order valence-electron chi connectivity index (χ0n) is 37.3. The van der Waals surface area contributed by atoms with Crippen LogP contribution in [0.3, 0.4) is 0 Å². The molecule has 0 aliphatic rings. The number of likely N-dealkylation sites (N-methyl/N-ethyl adjacent to an activating group) is 1. The van der Waals surface area contributed by atoms with Gasteiger partial charge < -0.3 is 23.8 Å². The molecule has 8 heteroatoms. The van der Waals surface area contributed by atoms with Crippen molar-refractivity contribution in [3.05, 3.63) is 60.8 Å². The molecule has 328 valence electrons. The molecule has 0 aromatic heterocycles. The quantitative estimate of drug-likeness (QED) is 0.0285. The minimum absolute atomic E-state index is 0.0559. The third-order valence-corrected chi connectivity index (χ3v) is 9.93. The van der Waals surface area contributed by atoms with E-state index >= 15 is 0 Å². The van der Waals surface area contributed by atoms with E-state index in [1.165, 1.54) is 64.2 Å². The monoisotopic (exact) mass is 801 g/mol. The highest BCUT2D eigenvalue weighted by Gasteiger charge is 2.31. The number of carbonyl (C=O) groups is 3. The fourth-order valence-corrected chi connectivity index (χ4v) is 6.41. The number of carbonyl (C=O) groups excluding carboxylic acids is 2. The number of quaternary nitrogens is 1. The van der Waals surface area contributed by atoms with Gasteiger partial charge in [-0.2, -0.15) is 0 Å². The number of carboxylic acid groups (broad SMARTS) is 1. The van der Waals surface area contributed by atoms with Crippen molar-refractivity contribution < 1.29 is 38.2 Å². The average Bonchev–Trinajstić information content (AvgIpc) is 3.17. The van der Waals surface area contributed by atoms with Crippen molar-refractivity contribution in [2.45, 2.75) is 193 Å². The lowest BCUT2D eigenvalue weighted by atomic mass is 10.1. The average molecular weight is 801 g/mol. The summed E-state index contributed by atoms with van der Waals surface area (Å²) < 4.78 is 17.3. The molecule has 57 heavy (non-hydrogen) atoms. The van der Waals surface area contributed by atoms with Crippen LogP contribution in [-0.4, -0.2) is 80.6 Å². The summed E-state index contributed by atoms with van der Waals surface area (Å²) in [5.74, 6) is -1.49. The van der Waals surface area contributed by atoms with Gasteiger partial charge in [0.15, 0.2) is 12.1 Å². The Hall–Kier alpha value is -2.97. The Balaban J connectivity index is 4.29. The molecule has 0 fully saturated rings. The lowest BCUT2D eigenvalue weighted by Gasteiger charge is -2.31. The molecule has 0 saturated heterocycles. The summed E-state index contributed by atoms with van der Waals surface area (Å²) in [7, 11) is 5.52. The van der Waals surface area contributed by atoms with E-state index in [0.717, 1.165) is 83.5 Å². The summed E-state index contributed by atoms with van der Waals surface area (Å²) in [4.78, 5) is 37.0. The summed E-state index contributed by atoms with van der Waals surface area (Å²) in [6, 6.07) is -0.617. The molecule has 2 unspecified atom stereocenters. The number of rotatable bonds is 40. The molecule has 0 aliphatic carbocycles. The Kier molecular flexibility index (Phi) is 37.8. The van der Waals surface area contributed by atoms with Crippen LogP contribution in [0.2, 0.25) is 0 Å². The number of carboxylic acids is 1. The lowest BCUT2D eigenvalue weighted by molar-refractivity contribution is -0.887. The van der Waals surface area contributed by atoms with Crippen LogP contribution in [-0.2, 0) is 28.6 Å². The summed E-state index contributed by atoms with van der Waals surface area (Å²) in [6.45, 7) is 4.60. The first-order valence-corrected chi connectivity index (χ1v) is 22.8. The summed E-state index contributed by atoms with van der Waals surface area (Å²) in [5, 5.41) is 9.61. The minimum Gasteiger partial charge on any atom is -0.477 e. The van der Waals surface area contributed by atoms with Crippen LogP contribution in [0.15, 0.2) is 60.8 Å². The predicted octanol–water partition coefficient (Wildman–Crippen LogP) is 12.6. The second-order valence-electron chi connectivity index (χ2n) is 16.3. The Morgan fingerprint density at radius 1 is 0.544 bits per heavy atom. The molecular formula is C49H86NO7+. The van der Waals surface area contributed by atoms with Gasteiger partial charge >= 0.3 is 17.9 Å². The summed E-state index contributed by atoms with van der Waals surface area (Å²) in [5.41, 5.74) is 0. The third kappa shape index (κ3) is 38.3. The number of hydrogen-bond donors (Lipinski definition) is 1. The maximum absolute atomic E-state index is 12.7. The smallest absolute Gasteiger partial charge is 0.362 e. The topological polar surface area (TPSA) is 99.1 Å². The van der Waals surface area contributed by atoms with E-state index in [2.05, 4.69) is 74.6 Å². The first-order chi connectivity index (χ1) is 27.6. The van der Waals surface area contributed by atoms with E-state index in [4.69, 9.17) is 14.2 Å². The number of unbranched alkanes of at least 4 members (excludes halogenated alkanes) is 16. The Bertz CT molecular complexity index is 1120. The second-order valence-corrected chi connectivity index (χ2v) is 16.3. The highest BCUT2D eigenvalue weighted by atomic mass is 16.6. The van der Waals surface area contributed by atoms with E-state index in [-0.39, 0.29) is 36.2 Å². The molecule has 0 heterocycles. The number of allylic oxidation sites excluding steroid dienone is 10. The molecule has 0 spiro atoms. The highest BCUT2D eigenvalue weighted by molar-refractivity contribution is 5.72. The van der Waals surface area contributed by atoms with Crippen LogP contribution in [0.25, 0.3) is 0 Å². The van der Waals surface area contributed by atoms with Gasteiger partial charge in [0.1, 0.15) is 6.61 Å². The molecule has 0 bridgehead atoms. The number of aliphatic carboxylic acids is 1. The number of nitrogens with zero attached hydrogens (tertiary/aromatic N) is 1. The molecule has 0 amide bonds. The third-order valence-electron chi connectivity index (χ3n) is 9.93. The fourth-order valence-electron chi connectivity index (χ4n) is 6.41. The molecule has 0 rings (SSSR count). The van der Waals surface area contributed by atoms with Crippen molar-refractivity contribution >= 4 is 17.9 Å². The van der Waals surface area contributed by atoms with Crippen LogP contribution in [0.5, 0.6) is 0 Å². The van der Waals surface area contributed by atoms with Gasteiger partial charge in [0.25, 0.3) is 0 Å². The van der Waals surface area contributed by atoms with E-state index in [1.54, 1.807) is 0 Å². The normalized spacial score (nSPS) is 13.5. The molecule has 0 aromatic carbocycles. The van der Waals surface area contributed by atoms with Crippen molar-refractivity contribution in [1.29, 1.82) is 0 Å². The van der Waals surface area contributed by atoms with E-state index in [1.807, 2.05) is 21.1 Å². The molecule has 0 aliphatic heterocycles. The van der Waals surface area contributed by atoms with Crippen LogP contribution in [0.1, 0.15) is 181 Å². The maximum Gasteiger partial charge on any atom is 0.362 e. The molecule has 0 radical (unpaired) electrons. The van der Waals surface area contributed by atoms with Crippen molar-refractivity contribution in [1.82, 2.24) is 0 Å². The SMILES string of the molecule is CC/C=C/C/C=C/C/C=C/C/C=C/C/C=C/CCCCCCCCC(=O)OCC(COCCC(C(=O)O)[N+](C)(C)C)OC(=O)CCCCCCCCCCCCC. The number of esters is 2. The van der Waals surface area contributed by atoms with Gasteiger partial charge in [0, 0.05) is 19.3 Å². The maximum atomic E-state index is 12.7. The second kappa shape index (κ2) is 39.8. The first kappa shape index (κ1) is 54.0. The van der Waals surface area contributed by atoms with Crippen molar-refractivity contribution in [2.75, 3.05) is 41.0 Å². The fraction of sp³-hybridized carbons (Fsp3) is 0.735. The largest absolute Gasteiger partial charge is 0.477 e. The summed E-state index contributed by atoms with van der Waals surface area (Å²) >= 11 is 0. The standard InChI is InChI=1S/C49H85NO7/c1-6-8-10-12-14-16-18-19-20-21-22-23-24-25-26-27-28-30-31-33-35-37-39-47(51)56-44-45(43-55-42-41-46(49(53)54)50(3,4)5)57-48(52)40-38-36-34-32-29-17-15-13-11-9-7-2/h8,10,14,16,19-20,22-23,25-26,45-46H,6-7,9,11-13,15,17-18,21,24,27-44H2,1-5H3/p+1/b10-8+,16-14+,20-19+,23-22+,26-25+. The van der Waals surface area contributed by atoms with Crippen LogP contribution in [0.4, 0.5) is 0 Å². The zero-order valence-corrected chi connectivity index (χ0v) is 37.3. The lowest BCUT2D eigenvalue weighted by Crippen LogP contribution is -2.50. The van der Waals surface area contributed by atoms with E-state index in [9.17, 15) is 19.5 Å². The first-order valence-electron chi connectivity index (χ1n) is 22.8. The molecule has 0 aromatic rings. The van der Waals surface area contributed by atoms with Crippen LogP contribution in [0, 0.1) is 0 Å². The van der Waals surface area contributed by atoms with Crippen molar-refractivity contribution in [2.24, 2.45) is 0 Å². The predicted molar refractivity (Wildman–Crippen MR) is 238 cm³/mol. The molecular weight excluding hydrogens is 715 g/mol. The molecule has 1 N–H and O–H groups in total. The number of ether oxygens (including phenoxy) is 3. The van der Waals surface area contributed by atoms with Crippen LogP contribution >= 0.6 is 0 Å². The van der Waals surface area contributed by atoms with E-state index in [0.29, 0.717) is 19.3 Å². The molecule has 2 atom stereocenters. The van der Waals surface area contributed by atoms with Gasteiger partial charge in [-0.05, 0) is 57.8 Å². The van der Waals surface area contributed by atoms with Crippen LogP contribution < -0.4 is 0 Å². The Labute approximate surface area is 349 Å². The molecule has 8 nitrogen and oxygen atoms in total. The van der Waals surface area contributed by atoms with Gasteiger partial charge in [0.05, 0.1) is 34.4 Å². The highest BCUT2D eigenvalue weighted by Crippen LogP contribution is 2.14. The van der Waals surface area contributed by atoms with Crippen molar-refractivity contribution in [3.63, 3.8) is 0 Å². The number of hydrogen-bond acceptors (Lipinski definition) is 6. The van der Waals surface area contributed by atoms with E-state index < -0.39 is 18.1 Å². The van der Waals surface area contributed by atoms with Gasteiger partial charge in [-0.1, -0.05) is 164 Å². The van der Waals surface area contributed by atoms with Crippen molar-refractivity contribution in [3.8, 4) is 0 Å².